The van der Waals surface area contributed by atoms with Crippen LogP contribution in [0.4, 0.5) is 4.79 Å². The van der Waals surface area contributed by atoms with Crippen LogP contribution in [-0.2, 0) is 35.2 Å². The number of nitrogens with one attached hydrogen (secondary N) is 1. The Labute approximate surface area is 141 Å². The Morgan fingerprint density at radius 2 is 1.83 bits per heavy atom. The third-order valence-electron chi connectivity index (χ3n) is 2.73. The van der Waals surface area contributed by atoms with E-state index in [1.54, 1.807) is 6.92 Å². The lowest BCUT2D eigenvalue weighted by Crippen LogP contribution is -2.34. The lowest BCUT2D eigenvalue weighted by molar-refractivity contribution is -0.151. The molecule has 9 heteroatoms. The molecule has 0 aromatic heterocycles. The first kappa shape index (κ1) is 19.9. The van der Waals surface area contributed by atoms with Crippen molar-refractivity contribution in [3.63, 3.8) is 0 Å². The number of benzene rings is 1. The van der Waals surface area contributed by atoms with E-state index >= 15 is 0 Å². The molecule has 0 radical (unpaired) electrons. The van der Waals surface area contributed by atoms with Gasteiger partial charge < -0.3 is 14.8 Å². The van der Waals surface area contributed by atoms with Crippen LogP contribution in [0.15, 0.2) is 30.3 Å². The van der Waals surface area contributed by atoms with Gasteiger partial charge in [0.1, 0.15) is 6.61 Å². The maximum Gasteiger partial charge on any atom is 0.407 e. The highest BCUT2D eigenvalue weighted by molar-refractivity contribution is 7.86. The lowest BCUT2D eigenvalue weighted by Gasteiger charge is -2.15. The average molecular weight is 359 g/mol. The van der Waals surface area contributed by atoms with Gasteiger partial charge in [-0.25, -0.2) is 9.59 Å². The maximum atomic E-state index is 11.7. The molecule has 0 spiro atoms. The Bertz CT molecular complexity index is 630. The zero-order valence-corrected chi connectivity index (χ0v) is 14.4. The predicted octanol–water partition coefficient (Wildman–Crippen LogP) is 1.21. The third-order valence-corrected chi connectivity index (χ3v) is 3.31. The molecular formula is C15H21NO7S. The second kappa shape index (κ2) is 9.89. The van der Waals surface area contributed by atoms with Gasteiger partial charge in [0.25, 0.3) is 10.1 Å². The van der Waals surface area contributed by atoms with Crippen molar-refractivity contribution in [2.75, 3.05) is 19.4 Å². The molecule has 0 aliphatic rings. The van der Waals surface area contributed by atoms with E-state index in [0.29, 0.717) is 0 Å². The Kier molecular flexibility index (Phi) is 8.20. The van der Waals surface area contributed by atoms with Crippen molar-refractivity contribution in [2.45, 2.75) is 26.1 Å². The quantitative estimate of drug-likeness (QED) is 0.521. The molecule has 1 rings (SSSR count). The summed E-state index contributed by atoms with van der Waals surface area (Å²) in [4.78, 5) is 23.2. The molecule has 1 atom stereocenters. The molecular weight excluding hydrogens is 338 g/mol. The molecule has 1 unspecified atom stereocenters. The van der Waals surface area contributed by atoms with Gasteiger partial charge >= 0.3 is 12.1 Å². The number of carbonyl (C=O) groups is 2. The summed E-state index contributed by atoms with van der Waals surface area (Å²) < 4.78 is 36.7. The largest absolute Gasteiger partial charge is 0.464 e. The van der Waals surface area contributed by atoms with Crippen LogP contribution in [0.2, 0.25) is 0 Å². The van der Waals surface area contributed by atoms with Gasteiger partial charge in [-0.05, 0) is 12.5 Å². The molecule has 0 saturated heterocycles. The van der Waals surface area contributed by atoms with Crippen molar-refractivity contribution in [2.24, 2.45) is 0 Å². The van der Waals surface area contributed by atoms with Crippen molar-refractivity contribution in [3.8, 4) is 0 Å². The van der Waals surface area contributed by atoms with Gasteiger partial charge in [-0.3, -0.25) is 4.18 Å². The molecule has 1 N–H and O–H groups in total. The molecule has 0 aliphatic carbocycles. The summed E-state index contributed by atoms with van der Waals surface area (Å²) in [5.74, 6) is -0.803. The van der Waals surface area contributed by atoms with E-state index in [-0.39, 0.29) is 26.2 Å². The van der Waals surface area contributed by atoms with Crippen molar-refractivity contribution in [1.82, 2.24) is 5.32 Å². The fraction of sp³-hybridized carbons (Fsp3) is 0.467. The zero-order valence-electron chi connectivity index (χ0n) is 13.6. The van der Waals surface area contributed by atoms with Gasteiger partial charge in [0.05, 0.1) is 12.9 Å². The minimum absolute atomic E-state index is 0.00732. The number of amides is 1. The summed E-state index contributed by atoms with van der Waals surface area (Å²) in [5, 5.41) is 2.42. The molecule has 8 nitrogen and oxygen atoms in total. The van der Waals surface area contributed by atoms with Gasteiger partial charge in [0, 0.05) is 13.0 Å². The van der Waals surface area contributed by atoms with E-state index < -0.39 is 28.3 Å². The second-order valence-corrected chi connectivity index (χ2v) is 6.42. The van der Waals surface area contributed by atoms with Crippen molar-refractivity contribution in [1.29, 1.82) is 0 Å². The van der Waals surface area contributed by atoms with E-state index in [2.05, 4.69) is 9.50 Å². The van der Waals surface area contributed by atoms with Crippen molar-refractivity contribution >= 4 is 22.2 Å². The van der Waals surface area contributed by atoms with Gasteiger partial charge in [-0.1, -0.05) is 30.3 Å². The number of carbonyl (C=O) groups excluding carboxylic acids is 2. The normalized spacial score (nSPS) is 12.2. The summed E-state index contributed by atoms with van der Waals surface area (Å²) in [6.07, 6.45) is -1.22. The monoisotopic (exact) mass is 359 g/mol. The standard InChI is InChI=1S/C15H21NO7S/c1-3-21-14(17)13(23-24(2,19)20)9-10-16-15(18)22-11-12-7-5-4-6-8-12/h4-8,13H,3,9-11H2,1-2H3,(H,16,18). The van der Waals surface area contributed by atoms with Crippen LogP contribution in [0.3, 0.4) is 0 Å². The fourth-order valence-electron chi connectivity index (χ4n) is 1.73. The molecule has 0 fully saturated rings. The summed E-state index contributed by atoms with van der Waals surface area (Å²) in [6, 6.07) is 9.11. The summed E-state index contributed by atoms with van der Waals surface area (Å²) >= 11 is 0. The predicted molar refractivity (Wildman–Crippen MR) is 85.6 cm³/mol. The highest BCUT2D eigenvalue weighted by Crippen LogP contribution is 2.06. The van der Waals surface area contributed by atoms with Crippen LogP contribution < -0.4 is 5.32 Å². The van der Waals surface area contributed by atoms with Crippen LogP contribution in [0.5, 0.6) is 0 Å². The topological polar surface area (TPSA) is 108 Å². The van der Waals surface area contributed by atoms with E-state index in [1.807, 2.05) is 30.3 Å². The van der Waals surface area contributed by atoms with Crippen molar-refractivity contribution in [3.05, 3.63) is 35.9 Å². The van der Waals surface area contributed by atoms with Crippen LogP contribution in [0.25, 0.3) is 0 Å². The lowest BCUT2D eigenvalue weighted by atomic mass is 10.2. The molecule has 134 valence electrons. The van der Waals surface area contributed by atoms with Gasteiger partial charge in [0.15, 0.2) is 6.10 Å². The molecule has 0 heterocycles. The number of ether oxygens (including phenoxy) is 2. The zero-order chi connectivity index (χ0) is 18.0. The van der Waals surface area contributed by atoms with E-state index in [9.17, 15) is 18.0 Å². The van der Waals surface area contributed by atoms with Crippen LogP contribution in [0.1, 0.15) is 18.9 Å². The smallest absolute Gasteiger partial charge is 0.407 e. The van der Waals surface area contributed by atoms with E-state index in [0.717, 1.165) is 11.8 Å². The minimum atomic E-state index is -3.83. The second-order valence-electron chi connectivity index (χ2n) is 4.82. The van der Waals surface area contributed by atoms with Gasteiger partial charge in [-0.2, -0.15) is 8.42 Å². The molecule has 0 bridgehead atoms. The number of alkyl carbamates (subject to hydrolysis) is 1. The van der Waals surface area contributed by atoms with Crippen LogP contribution in [0, 0.1) is 0 Å². The van der Waals surface area contributed by atoms with Crippen molar-refractivity contribution < 1.29 is 31.7 Å². The van der Waals surface area contributed by atoms with Gasteiger partial charge in [0.2, 0.25) is 0 Å². The minimum Gasteiger partial charge on any atom is -0.464 e. The Morgan fingerprint density at radius 3 is 2.42 bits per heavy atom. The first-order valence-electron chi connectivity index (χ1n) is 7.31. The summed E-state index contributed by atoms with van der Waals surface area (Å²) in [6.45, 7) is 1.78. The average Bonchev–Trinajstić information content (AvgIpc) is 2.52. The van der Waals surface area contributed by atoms with Crippen LogP contribution >= 0.6 is 0 Å². The Hall–Kier alpha value is -2.13. The molecule has 0 saturated carbocycles. The SMILES string of the molecule is CCOC(=O)C(CCNC(=O)OCc1ccccc1)OS(C)(=O)=O. The number of hydrogen-bond acceptors (Lipinski definition) is 7. The fourth-order valence-corrected chi connectivity index (χ4v) is 2.33. The first-order valence-corrected chi connectivity index (χ1v) is 9.13. The molecule has 24 heavy (non-hydrogen) atoms. The van der Waals surface area contributed by atoms with Gasteiger partial charge in [-0.15, -0.1) is 0 Å². The number of esters is 1. The molecule has 1 amide bonds. The number of rotatable bonds is 9. The van der Waals surface area contributed by atoms with E-state index in [4.69, 9.17) is 9.47 Å². The third kappa shape index (κ3) is 8.49. The molecule has 0 aliphatic heterocycles. The summed E-state index contributed by atoms with van der Waals surface area (Å²) in [7, 11) is -3.83. The van der Waals surface area contributed by atoms with E-state index in [1.165, 1.54) is 0 Å². The maximum absolute atomic E-state index is 11.7. The highest BCUT2D eigenvalue weighted by Gasteiger charge is 2.25. The molecule has 1 aromatic rings. The summed E-state index contributed by atoms with van der Waals surface area (Å²) in [5.41, 5.74) is 0.831. The number of hydrogen-bond donors (Lipinski definition) is 1. The first-order chi connectivity index (χ1) is 11.3. The Morgan fingerprint density at radius 1 is 1.17 bits per heavy atom. The Balaban J connectivity index is 2.40. The van der Waals surface area contributed by atoms with Crippen LogP contribution in [-0.4, -0.2) is 46.0 Å². The molecule has 1 aromatic carbocycles. The highest BCUT2D eigenvalue weighted by atomic mass is 32.2.